The Labute approximate surface area is 126 Å². The third-order valence-electron chi connectivity index (χ3n) is 3.60. The van der Waals surface area contributed by atoms with E-state index >= 15 is 0 Å². The lowest BCUT2D eigenvalue weighted by atomic mass is 10.1. The van der Waals surface area contributed by atoms with E-state index in [1.165, 1.54) is 18.2 Å². The highest BCUT2D eigenvalue weighted by atomic mass is 16.4. The quantitative estimate of drug-likeness (QED) is 0.799. The molecule has 0 aliphatic carbocycles. The largest absolute Gasteiger partial charge is 0.478 e. The molecule has 0 aliphatic rings. The third-order valence-corrected chi connectivity index (χ3v) is 3.60. The lowest BCUT2D eigenvalue weighted by Crippen LogP contribution is -2.01. The van der Waals surface area contributed by atoms with Crippen molar-refractivity contribution in [1.82, 2.24) is 0 Å². The summed E-state index contributed by atoms with van der Waals surface area (Å²) in [6, 6.07) is 13.3. The van der Waals surface area contributed by atoms with Gasteiger partial charge < -0.3 is 9.52 Å². The number of carbonyl (C=O) groups is 1. The van der Waals surface area contributed by atoms with Gasteiger partial charge in [0, 0.05) is 11.6 Å². The van der Waals surface area contributed by atoms with E-state index < -0.39 is 5.97 Å². The molecule has 0 atom stereocenters. The molecular weight excluding hydrogens is 280 g/mol. The van der Waals surface area contributed by atoms with E-state index in [2.05, 4.69) is 0 Å². The van der Waals surface area contributed by atoms with Gasteiger partial charge in [0.05, 0.1) is 10.9 Å². The van der Waals surface area contributed by atoms with Crippen molar-refractivity contribution in [1.29, 1.82) is 0 Å². The molecule has 3 aromatic rings. The van der Waals surface area contributed by atoms with Crippen molar-refractivity contribution < 1.29 is 14.3 Å². The van der Waals surface area contributed by atoms with Crippen molar-refractivity contribution in [3.05, 3.63) is 69.9 Å². The van der Waals surface area contributed by atoms with Crippen LogP contribution in [0.3, 0.4) is 0 Å². The van der Waals surface area contributed by atoms with Crippen LogP contribution in [-0.2, 0) is 6.42 Å². The summed E-state index contributed by atoms with van der Waals surface area (Å²) in [5.74, 6) is -0.646. The number of aromatic carboxylic acids is 1. The predicted octanol–water partition coefficient (Wildman–Crippen LogP) is 3.72. The standard InChI is InChI=1S/C18H14O4/c1-2-11-6-7-14-15(19)10-16(22-17(14)8-11)12-4-3-5-13(9-12)18(20)21/h3-10H,2H2,1H3,(H,20,21). The van der Waals surface area contributed by atoms with Crippen LogP contribution in [0.15, 0.2) is 57.7 Å². The molecule has 3 rings (SSSR count). The molecule has 1 heterocycles. The molecule has 1 N–H and O–H groups in total. The van der Waals surface area contributed by atoms with Crippen LogP contribution < -0.4 is 5.43 Å². The summed E-state index contributed by atoms with van der Waals surface area (Å²) in [6.45, 7) is 2.03. The highest BCUT2D eigenvalue weighted by molar-refractivity contribution is 5.89. The molecule has 0 spiro atoms. The van der Waals surface area contributed by atoms with Gasteiger partial charge in [-0.05, 0) is 36.2 Å². The fraction of sp³-hybridized carbons (Fsp3) is 0.111. The zero-order chi connectivity index (χ0) is 15.7. The molecule has 4 heteroatoms. The Morgan fingerprint density at radius 3 is 2.68 bits per heavy atom. The summed E-state index contributed by atoms with van der Waals surface area (Å²) < 4.78 is 5.81. The molecule has 0 fully saturated rings. The summed E-state index contributed by atoms with van der Waals surface area (Å²) in [4.78, 5) is 23.3. The van der Waals surface area contributed by atoms with E-state index in [0.717, 1.165) is 12.0 Å². The Bertz CT molecular complexity index is 922. The Morgan fingerprint density at radius 2 is 1.95 bits per heavy atom. The van der Waals surface area contributed by atoms with Crippen LogP contribution in [-0.4, -0.2) is 11.1 Å². The normalized spacial score (nSPS) is 10.8. The van der Waals surface area contributed by atoms with Crippen LogP contribution in [0.4, 0.5) is 0 Å². The van der Waals surface area contributed by atoms with Crippen LogP contribution in [0, 0.1) is 0 Å². The van der Waals surface area contributed by atoms with Crippen molar-refractivity contribution >= 4 is 16.9 Å². The van der Waals surface area contributed by atoms with Crippen LogP contribution in [0.2, 0.25) is 0 Å². The molecule has 0 saturated heterocycles. The molecule has 0 bridgehead atoms. The van der Waals surface area contributed by atoms with Gasteiger partial charge in [-0.2, -0.15) is 0 Å². The molecule has 4 nitrogen and oxygen atoms in total. The highest BCUT2D eigenvalue weighted by Crippen LogP contribution is 2.24. The van der Waals surface area contributed by atoms with Crippen molar-refractivity contribution in [3.8, 4) is 11.3 Å². The lowest BCUT2D eigenvalue weighted by Gasteiger charge is -2.05. The van der Waals surface area contributed by atoms with Crippen molar-refractivity contribution in [3.63, 3.8) is 0 Å². The maximum absolute atomic E-state index is 12.2. The number of rotatable bonds is 3. The Hall–Kier alpha value is -2.88. The van der Waals surface area contributed by atoms with Gasteiger partial charge >= 0.3 is 5.97 Å². The molecule has 0 aliphatic heterocycles. The van der Waals surface area contributed by atoms with Crippen LogP contribution in [0.1, 0.15) is 22.8 Å². The Morgan fingerprint density at radius 1 is 1.14 bits per heavy atom. The van der Waals surface area contributed by atoms with Crippen LogP contribution in [0.5, 0.6) is 0 Å². The highest BCUT2D eigenvalue weighted by Gasteiger charge is 2.10. The molecule has 0 saturated carbocycles. The molecule has 2 aromatic carbocycles. The fourth-order valence-corrected chi connectivity index (χ4v) is 2.37. The summed E-state index contributed by atoms with van der Waals surface area (Å²) in [5.41, 5.74) is 2.18. The molecule has 0 amide bonds. The van der Waals surface area contributed by atoms with E-state index in [0.29, 0.717) is 22.3 Å². The smallest absolute Gasteiger partial charge is 0.335 e. The van der Waals surface area contributed by atoms with Gasteiger partial charge in [0.15, 0.2) is 5.43 Å². The van der Waals surface area contributed by atoms with Gasteiger partial charge in [-0.3, -0.25) is 4.79 Å². The molecule has 1 aromatic heterocycles. The first-order valence-electron chi connectivity index (χ1n) is 6.99. The SMILES string of the molecule is CCc1ccc2c(=O)cc(-c3cccc(C(=O)O)c3)oc2c1. The lowest BCUT2D eigenvalue weighted by molar-refractivity contribution is 0.0697. The average molecular weight is 294 g/mol. The molecule has 22 heavy (non-hydrogen) atoms. The first-order valence-corrected chi connectivity index (χ1v) is 6.99. The zero-order valence-corrected chi connectivity index (χ0v) is 12.0. The van der Waals surface area contributed by atoms with Crippen LogP contribution >= 0.6 is 0 Å². The van der Waals surface area contributed by atoms with E-state index in [-0.39, 0.29) is 11.0 Å². The second-order valence-corrected chi connectivity index (χ2v) is 5.04. The first-order chi connectivity index (χ1) is 10.6. The Balaban J connectivity index is 2.21. The third kappa shape index (κ3) is 2.51. The van der Waals surface area contributed by atoms with Crippen molar-refractivity contribution in [2.24, 2.45) is 0 Å². The minimum Gasteiger partial charge on any atom is -0.478 e. The second kappa shape index (κ2) is 5.48. The number of carboxylic acids is 1. The Kier molecular flexibility index (Phi) is 3.51. The maximum Gasteiger partial charge on any atom is 0.335 e. The van der Waals surface area contributed by atoms with Gasteiger partial charge in [-0.15, -0.1) is 0 Å². The number of carboxylic acid groups (broad SMARTS) is 1. The molecule has 0 radical (unpaired) electrons. The van der Waals surface area contributed by atoms with Crippen molar-refractivity contribution in [2.75, 3.05) is 0 Å². The number of aryl methyl sites for hydroxylation is 1. The maximum atomic E-state index is 12.2. The zero-order valence-electron chi connectivity index (χ0n) is 12.0. The summed E-state index contributed by atoms with van der Waals surface area (Å²) in [5, 5.41) is 9.58. The summed E-state index contributed by atoms with van der Waals surface area (Å²) in [6.07, 6.45) is 0.846. The summed E-state index contributed by atoms with van der Waals surface area (Å²) in [7, 11) is 0. The summed E-state index contributed by atoms with van der Waals surface area (Å²) >= 11 is 0. The van der Waals surface area contributed by atoms with E-state index in [1.54, 1.807) is 18.2 Å². The minimum atomic E-state index is -1.02. The minimum absolute atomic E-state index is 0.139. The average Bonchev–Trinajstić information content (AvgIpc) is 2.54. The number of hydrogen-bond donors (Lipinski definition) is 1. The molecule has 110 valence electrons. The van der Waals surface area contributed by atoms with E-state index in [1.807, 2.05) is 19.1 Å². The first kappa shape index (κ1) is 14.1. The fourth-order valence-electron chi connectivity index (χ4n) is 2.37. The van der Waals surface area contributed by atoms with Crippen molar-refractivity contribution in [2.45, 2.75) is 13.3 Å². The van der Waals surface area contributed by atoms with Gasteiger partial charge in [-0.25, -0.2) is 4.79 Å². The molecule has 0 unspecified atom stereocenters. The number of fused-ring (bicyclic) bond motifs is 1. The topological polar surface area (TPSA) is 67.5 Å². The number of benzene rings is 2. The van der Waals surface area contributed by atoms with Gasteiger partial charge in [0.25, 0.3) is 0 Å². The van der Waals surface area contributed by atoms with Gasteiger partial charge in [0.2, 0.25) is 0 Å². The molecular formula is C18H14O4. The van der Waals surface area contributed by atoms with E-state index in [4.69, 9.17) is 9.52 Å². The predicted molar refractivity (Wildman–Crippen MR) is 84.3 cm³/mol. The monoisotopic (exact) mass is 294 g/mol. The number of hydrogen-bond acceptors (Lipinski definition) is 3. The van der Waals surface area contributed by atoms with Crippen LogP contribution in [0.25, 0.3) is 22.3 Å². The second-order valence-electron chi connectivity index (χ2n) is 5.04. The van der Waals surface area contributed by atoms with E-state index in [9.17, 15) is 9.59 Å². The van der Waals surface area contributed by atoms with Gasteiger partial charge in [0.1, 0.15) is 11.3 Å². The van der Waals surface area contributed by atoms with Gasteiger partial charge in [-0.1, -0.05) is 25.1 Å².